The van der Waals surface area contributed by atoms with Crippen LogP contribution >= 0.6 is 0 Å². The molecule has 3 atom stereocenters. The lowest BCUT2D eigenvalue weighted by Crippen LogP contribution is -2.51. The van der Waals surface area contributed by atoms with Gasteiger partial charge in [0.1, 0.15) is 5.75 Å². The quantitative estimate of drug-likeness (QED) is 0.836. The number of hydrogen-bond donors (Lipinski definition) is 1. The van der Waals surface area contributed by atoms with Crippen molar-refractivity contribution in [2.45, 2.75) is 31.4 Å². The van der Waals surface area contributed by atoms with E-state index in [2.05, 4.69) is 12.1 Å². The van der Waals surface area contributed by atoms with Crippen molar-refractivity contribution in [3.05, 3.63) is 65.7 Å². The molecule has 1 aliphatic carbocycles. The van der Waals surface area contributed by atoms with Crippen LogP contribution in [0.15, 0.2) is 54.6 Å². The molecule has 0 radical (unpaired) electrons. The van der Waals surface area contributed by atoms with E-state index >= 15 is 0 Å². The van der Waals surface area contributed by atoms with E-state index in [-0.39, 0.29) is 30.6 Å². The van der Waals surface area contributed by atoms with Crippen molar-refractivity contribution < 1.29 is 19.4 Å². The van der Waals surface area contributed by atoms with Gasteiger partial charge in [-0.1, -0.05) is 42.5 Å². The van der Waals surface area contributed by atoms with E-state index in [9.17, 15) is 9.90 Å². The van der Waals surface area contributed by atoms with Gasteiger partial charge in [-0.15, -0.1) is 0 Å². The lowest BCUT2D eigenvalue weighted by molar-refractivity contribution is -0.0449. The molecule has 5 nitrogen and oxygen atoms in total. The molecule has 1 aliphatic heterocycles. The van der Waals surface area contributed by atoms with Crippen molar-refractivity contribution in [3.8, 4) is 5.75 Å². The molecule has 2 aromatic rings. The molecular formula is C23H27NO4. The van der Waals surface area contributed by atoms with Crippen LogP contribution in [0.5, 0.6) is 5.75 Å². The minimum atomic E-state index is -0.00722. The number of para-hydroxylation sites is 1. The van der Waals surface area contributed by atoms with Crippen molar-refractivity contribution in [3.63, 3.8) is 0 Å². The van der Waals surface area contributed by atoms with Crippen LogP contribution in [0.1, 0.15) is 28.8 Å². The van der Waals surface area contributed by atoms with Gasteiger partial charge >= 0.3 is 0 Å². The maximum Gasteiger partial charge on any atom is 0.258 e. The third-order valence-electron chi connectivity index (χ3n) is 5.76. The van der Waals surface area contributed by atoms with Crippen LogP contribution in [0, 0.1) is 5.92 Å². The van der Waals surface area contributed by atoms with Crippen molar-refractivity contribution in [2.75, 3.05) is 26.4 Å². The first-order chi connectivity index (χ1) is 13.8. The van der Waals surface area contributed by atoms with Gasteiger partial charge in [0.15, 0.2) is 0 Å². The lowest BCUT2D eigenvalue weighted by atomic mass is 10.1. The second kappa shape index (κ2) is 8.76. The highest BCUT2D eigenvalue weighted by atomic mass is 16.5. The van der Waals surface area contributed by atoms with E-state index in [0.717, 1.165) is 19.3 Å². The van der Waals surface area contributed by atoms with Gasteiger partial charge in [0.05, 0.1) is 30.9 Å². The average Bonchev–Trinajstić information content (AvgIpc) is 3.18. The Morgan fingerprint density at radius 2 is 1.89 bits per heavy atom. The largest absolute Gasteiger partial charge is 0.492 e. The van der Waals surface area contributed by atoms with E-state index in [1.165, 1.54) is 5.56 Å². The summed E-state index contributed by atoms with van der Waals surface area (Å²) in [6, 6.07) is 17.7. The average molecular weight is 381 g/mol. The fourth-order valence-electron chi connectivity index (χ4n) is 4.30. The highest BCUT2D eigenvalue weighted by molar-refractivity contribution is 5.97. The summed E-state index contributed by atoms with van der Waals surface area (Å²) in [4.78, 5) is 15.2. The molecule has 0 aromatic heterocycles. The number of hydrogen-bond acceptors (Lipinski definition) is 4. The second-order valence-corrected chi connectivity index (χ2v) is 7.58. The SMILES string of the molecule is O=C(c1ccccc1OCCc1ccccc1)N1CCOC2C[C@H](CO)C[C@@H]21. The fraction of sp³-hybridized carbons (Fsp3) is 0.435. The lowest BCUT2D eigenvalue weighted by Gasteiger charge is -2.37. The van der Waals surface area contributed by atoms with Gasteiger partial charge in [0, 0.05) is 19.6 Å². The summed E-state index contributed by atoms with van der Waals surface area (Å²) in [6.45, 7) is 1.80. The van der Waals surface area contributed by atoms with E-state index in [0.29, 0.717) is 31.1 Å². The number of morpholine rings is 1. The molecule has 1 unspecified atom stereocenters. The summed E-state index contributed by atoms with van der Waals surface area (Å²) in [5.41, 5.74) is 1.81. The molecule has 1 saturated heterocycles. The van der Waals surface area contributed by atoms with Crippen molar-refractivity contribution >= 4 is 5.91 Å². The number of fused-ring (bicyclic) bond motifs is 1. The number of nitrogens with zero attached hydrogens (tertiary/aromatic N) is 1. The first-order valence-corrected chi connectivity index (χ1v) is 10.1. The van der Waals surface area contributed by atoms with Gasteiger partial charge in [0.2, 0.25) is 0 Å². The number of benzene rings is 2. The highest BCUT2D eigenvalue weighted by Crippen LogP contribution is 2.35. The topological polar surface area (TPSA) is 59.0 Å². The molecule has 1 N–H and O–H groups in total. The maximum atomic E-state index is 13.3. The van der Waals surface area contributed by atoms with E-state index in [1.807, 2.05) is 47.4 Å². The molecule has 0 bridgehead atoms. The van der Waals surface area contributed by atoms with E-state index in [1.54, 1.807) is 0 Å². The van der Waals surface area contributed by atoms with Gasteiger partial charge in [-0.3, -0.25) is 4.79 Å². The Balaban J connectivity index is 1.45. The Morgan fingerprint density at radius 1 is 1.11 bits per heavy atom. The summed E-state index contributed by atoms with van der Waals surface area (Å²) in [5.74, 6) is 0.830. The Bertz CT molecular complexity index is 794. The number of aliphatic hydroxyl groups is 1. The molecule has 1 saturated carbocycles. The van der Waals surface area contributed by atoms with Crippen LogP contribution in [0.25, 0.3) is 0 Å². The molecule has 2 fully saturated rings. The smallest absolute Gasteiger partial charge is 0.258 e. The van der Waals surface area contributed by atoms with Gasteiger partial charge in [0.25, 0.3) is 5.91 Å². The Morgan fingerprint density at radius 3 is 2.71 bits per heavy atom. The van der Waals surface area contributed by atoms with Crippen LogP contribution in [0.4, 0.5) is 0 Å². The summed E-state index contributed by atoms with van der Waals surface area (Å²) in [6.07, 6.45) is 2.44. The fourth-order valence-corrected chi connectivity index (χ4v) is 4.30. The summed E-state index contributed by atoms with van der Waals surface area (Å²) in [7, 11) is 0. The summed E-state index contributed by atoms with van der Waals surface area (Å²) in [5, 5.41) is 9.51. The predicted molar refractivity (Wildman–Crippen MR) is 106 cm³/mol. The first kappa shape index (κ1) is 19.0. The van der Waals surface area contributed by atoms with E-state index in [4.69, 9.17) is 9.47 Å². The normalized spacial score (nSPS) is 24.0. The molecule has 2 aliphatic rings. The van der Waals surface area contributed by atoms with Crippen molar-refractivity contribution in [2.24, 2.45) is 5.92 Å². The van der Waals surface area contributed by atoms with Crippen LogP contribution in [0.3, 0.4) is 0 Å². The zero-order valence-corrected chi connectivity index (χ0v) is 16.0. The van der Waals surface area contributed by atoms with Gasteiger partial charge < -0.3 is 19.5 Å². The number of aliphatic hydroxyl groups excluding tert-OH is 1. The Labute approximate surface area is 165 Å². The molecular weight excluding hydrogens is 354 g/mol. The molecule has 2 aromatic carbocycles. The maximum absolute atomic E-state index is 13.3. The molecule has 0 spiro atoms. The van der Waals surface area contributed by atoms with Crippen LogP contribution < -0.4 is 4.74 Å². The molecule has 1 heterocycles. The standard InChI is InChI=1S/C23H27NO4/c25-16-18-14-20-22(15-18)28-13-11-24(20)23(26)19-8-4-5-9-21(19)27-12-10-17-6-2-1-3-7-17/h1-9,18,20,22,25H,10-16H2/t18-,20+,22?/m1/s1. The third-order valence-corrected chi connectivity index (χ3v) is 5.76. The van der Waals surface area contributed by atoms with E-state index < -0.39 is 0 Å². The van der Waals surface area contributed by atoms with Crippen molar-refractivity contribution in [1.29, 1.82) is 0 Å². The Kier molecular flexibility index (Phi) is 5.93. The van der Waals surface area contributed by atoms with Crippen LogP contribution in [0.2, 0.25) is 0 Å². The number of amides is 1. The van der Waals surface area contributed by atoms with Crippen LogP contribution in [-0.2, 0) is 11.2 Å². The van der Waals surface area contributed by atoms with Crippen molar-refractivity contribution in [1.82, 2.24) is 4.90 Å². The zero-order valence-electron chi connectivity index (χ0n) is 16.0. The second-order valence-electron chi connectivity index (χ2n) is 7.58. The van der Waals surface area contributed by atoms with Crippen LogP contribution in [-0.4, -0.2) is 54.4 Å². The molecule has 4 rings (SSSR count). The number of rotatable bonds is 6. The number of carbonyl (C=O) groups excluding carboxylic acids is 1. The summed E-state index contributed by atoms with van der Waals surface area (Å²) >= 11 is 0. The predicted octanol–water partition coefficient (Wildman–Crippen LogP) is 2.92. The van der Waals surface area contributed by atoms with Gasteiger partial charge in [-0.2, -0.15) is 0 Å². The zero-order chi connectivity index (χ0) is 19.3. The number of carbonyl (C=O) groups is 1. The summed E-state index contributed by atoms with van der Waals surface area (Å²) < 4.78 is 11.8. The number of ether oxygens (including phenoxy) is 2. The molecule has 5 heteroatoms. The van der Waals surface area contributed by atoms with Gasteiger partial charge in [-0.05, 0) is 36.5 Å². The molecule has 28 heavy (non-hydrogen) atoms. The van der Waals surface area contributed by atoms with Gasteiger partial charge in [-0.25, -0.2) is 0 Å². The highest BCUT2D eigenvalue weighted by Gasteiger charge is 2.43. The minimum absolute atomic E-state index is 0.00722. The molecule has 1 amide bonds. The molecule has 148 valence electrons. The minimum Gasteiger partial charge on any atom is -0.492 e. The first-order valence-electron chi connectivity index (χ1n) is 10.1. The monoisotopic (exact) mass is 381 g/mol. The third kappa shape index (κ3) is 4.05. The Hall–Kier alpha value is -2.37.